The number of carbonyl (C=O) groups excluding carboxylic acids is 5. The van der Waals surface area contributed by atoms with Gasteiger partial charge in [-0.25, -0.2) is 9.97 Å². The van der Waals surface area contributed by atoms with Crippen LogP contribution in [-0.2, 0) is 29.2 Å². The van der Waals surface area contributed by atoms with Gasteiger partial charge in [0.05, 0.1) is 48.3 Å². The zero-order valence-electron chi connectivity index (χ0n) is 37.3. The highest BCUT2D eigenvalue weighted by Crippen LogP contribution is 2.39. The predicted octanol–water partition coefficient (Wildman–Crippen LogP) is 2.82. The molecule has 2 atom stereocenters. The van der Waals surface area contributed by atoms with E-state index in [1.807, 2.05) is 29.9 Å². The summed E-state index contributed by atoms with van der Waals surface area (Å²) in [5.74, 6) is -1.15. The Labute approximate surface area is 378 Å². The molecule has 0 saturated carbocycles. The van der Waals surface area contributed by atoms with Crippen LogP contribution in [0.15, 0.2) is 36.4 Å². The van der Waals surface area contributed by atoms with Gasteiger partial charge in [0.1, 0.15) is 40.5 Å². The minimum atomic E-state index is -0.693. The first-order chi connectivity index (χ1) is 31.8. The number of hydrogen-bond acceptors (Lipinski definition) is 13. The predicted molar refractivity (Wildman–Crippen MR) is 242 cm³/mol. The lowest BCUT2D eigenvalue weighted by Crippen LogP contribution is -2.44. The molecule has 8 N–H and O–H groups in total. The van der Waals surface area contributed by atoms with Crippen molar-refractivity contribution in [3.63, 3.8) is 0 Å². The summed E-state index contributed by atoms with van der Waals surface area (Å²) < 4.78 is 25.0. The van der Waals surface area contributed by atoms with Gasteiger partial charge in [-0.15, -0.1) is 0 Å². The number of nitrogens with two attached hydrogens (primary N) is 2. The maximum Gasteiger partial charge on any atom is 0.276 e. The third kappa shape index (κ3) is 9.54. The van der Waals surface area contributed by atoms with Crippen LogP contribution in [0.4, 0.5) is 11.9 Å². The second kappa shape index (κ2) is 19.4. The van der Waals surface area contributed by atoms with E-state index in [1.165, 1.54) is 0 Å². The molecule has 22 nitrogen and oxygen atoms in total. The Kier molecular flexibility index (Phi) is 13.3. The lowest BCUT2D eigenvalue weighted by molar-refractivity contribution is -0.122. The Morgan fingerprint density at radius 1 is 0.818 bits per heavy atom. The summed E-state index contributed by atoms with van der Waals surface area (Å²) in [5, 5.41) is 21.0. The molecule has 5 amide bonds. The van der Waals surface area contributed by atoms with Crippen LogP contribution in [0.2, 0.25) is 0 Å². The first-order valence-corrected chi connectivity index (χ1v) is 22.1. The number of rotatable bonds is 19. The van der Waals surface area contributed by atoms with E-state index in [-0.39, 0.29) is 67.2 Å². The summed E-state index contributed by atoms with van der Waals surface area (Å²) in [6, 6.07) is 9.22. The van der Waals surface area contributed by atoms with Crippen molar-refractivity contribution in [3.05, 3.63) is 70.3 Å². The third-order valence-electron chi connectivity index (χ3n) is 11.5. The molecule has 66 heavy (non-hydrogen) atoms. The number of fused-ring (bicyclic) bond motifs is 1. The molecule has 1 fully saturated rings. The van der Waals surface area contributed by atoms with Crippen molar-refractivity contribution in [2.45, 2.75) is 85.1 Å². The fraction of sp³-hybridized carbons (Fsp3) is 0.432. The Morgan fingerprint density at radius 2 is 1.45 bits per heavy atom. The molecule has 22 heteroatoms. The number of anilines is 2. The van der Waals surface area contributed by atoms with Crippen molar-refractivity contribution < 1.29 is 38.2 Å². The summed E-state index contributed by atoms with van der Waals surface area (Å²) in [6.45, 7) is 11.1. The highest BCUT2D eigenvalue weighted by Gasteiger charge is 2.30. The van der Waals surface area contributed by atoms with Crippen LogP contribution in [0, 0.1) is 13.8 Å². The maximum absolute atomic E-state index is 13.9. The molecule has 2 aromatic carbocycles. The molecule has 6 aromatic rings. The second-order valence-electron chi connectivity index (χ2n) is 16.3. The fourth-order valence-electron chi connectivity index (χ4n) is 8.44. The zero-order chi connectivity index (χ0) is 46.6. The minimum absolute atomic E-state index is 0.0467. The monoisotopic (exact) mass is 906 g/mol. The van der Waals surface area contributed by atoms with Crippen LogP contribution in [0.5, 0.6) is 11.5 Å². The third-order valence-corrected chi connectivity index (χ3v) is 11.5. The number of benzene rings is 2. The number of aromatic nitrogens is 8. The van der Waals surface area contributed by atoms with Gasteiger partial charge in [-0.1, -0.05) is 0 Å². The summed E-state index contributed by atoms with van der Waals surface area (Å²) in [5.41, 5.74) is 15.7. The van der Waals surface area contributed by atoms with Crippen molar-refractivity contribution in [1.29, 1.82) is 0 Å². The number of aryl methyl sites for hydroxylation is 5. The van der Waals surface area contributed by atoms with Crippen molar-refractivity contribution in [2.75, 3.05) is 50.2 Å². The minimum Gasteiger partial charge on any atom is -0.491 e. The summed E-state index contributed by atoms with van der Waals surface area (Å²) in [7, 11) is 0. The Balaban J connectivity index is 1.08. The van der Waals surface area contributed by atoms with Crippen LogP contribution in [0.25, 0.3) is 22.1 Å². The van der Waals surface area contributed by atoms with Crippen molar-refractivity contribution in [3.8, 4) is 11.5 Å². The second-order valence-corrected chi connectivity index (χ2v) is 16.3. The van der Waals surface area contributed by atoms with Gasteiger partial charge in [-0.3, -0.25) is 44.0 Å². The van der Waals surface area contributed by atoms with Gasteiger partial charge in [0, 0.05) is 56.3 Å². The zero-order valence-corrected chi connectivity index (χ0v) is 37.3. The molecule has 0 radical (unpaired) electrons. The molecule has 0 bridgehead atoms. The SMILES string of the molecule is CCn1nc(C)cc1C(=O)Nc1nc2cc(C(N)=O)cc(OCCCNC(=O)C[C@@H]3COCCN3)c2n1CCC[C@H]1COc2cc(C(N)=O)cc3nc(NC(=O)c4cc(C)nn4CC)n1c23. The van der Waals surface area contributed by atoms with E-state index in [4.69, 9.17) is 35.6 Å². The van der Waals surface area contributed by atoms with Gasteiger partial charge in [-0.05, 0) is 83.4 Å². The molecule has 6 heterocycles. The van der Waals surface area contributed by atoms with E-state index in [1.54, 1.807) is 52.7 Å². The molecular weight excluding hydrogens is 853 g/mol. The van der Waals surface area contributed by atoms with E-state index < -0.39 is 23.6 Å². The van der Waals surface area contributed by atoms with Crippen LogP contribution in [0.3, 0.4) is 0 Å². The highest BCUT2D eigenvalue weighted by molar-refractivity contribution is 6.05. The van der Waals surface area contributed by atoms with E-state index in [9.17, 15) is 24.0 Å². The van der Waals surface area contributed by atoms with Crippen molar-refractivity contribution in [1.82, 2.24) is 49.3 Å². The van der Waals surface area contributed by atoms with Crippen LogP contribution in [-0.4, -0.2) is 114 Å². The van der Waals surface area contributed by atoms with E-state index in [0.29, 0.717) is 115 Å². The summed E-state index contributed by atoms with van der Waals surface area (Å²) >= 11 is 0. The number of primary amides is 2. The maximum atomic E-state index is 13.9. The molecule has 348 valence electrons. The van der Waals surface area contributed by atoms with E-state index in [0.717, 1.165) is 0 Å². The van der Waals surface area contributed by atoms with Gasteiger partial charge in [0.2, 0.25) is 29.6 Å². The average Bonchev–Trinajstić information content (AvgIpc) is 4.07. The molecule has 0 spiro atoms. The quantitative estimate of drug-likeness (QED) is 0.0639. The largest absolute Gasteiger partial charge is 0.491 e. The Morgan fingerprint density at radius 3 is 2.09 bits per heavy atom. The summed E-state index contributed by atoms with van der Waals surface area (Å²) in [6.07, 6.45) is 1.69. The van der Waals surface area contributed by atoms with Crippen molar-refractivity contribution >= 4 is 63.5 Å². The first-order valence-electron chi connectivity index (χ1n) is 22.1. The number of carbonyl (C=O) groups is 5. The number of nitrogens with zero attached hydrogens (tertiary/aromatic N) is 8. The van der Waals surface area contributed by atoms with E-state index >= 15 is 0 Å². The topological polar surface area (TPSA) is 284 Å². The highest BCUT2D eigenvalue weighted by atomic mass is 16.5. The Hall–Kier alpha value is -7.33. The average molecular weight is 907 g/mol. The fourth-order valence-corrected chi connectivity index (χ4v) is 8.44. The van der Waals surface area contributed by atoms with Crippen LogP contribution < -0.4 is 42.2 Å². The number of nitrogens with one attached hydrogen (secondary N) is 4. The Bertz CT molecular complexity index is 2830. The molecule has 1 saturated heterocycles. The molecule has 4 aromatic heterocycles. The van der Waals surface area contributed by atoms with Gasteiger partial charge in [-0.2, -0.15) is 10.2 Å². The van der Waals surface area contributed by atoms with Gasteiger partial charge >= 0.3 is 0 Å². The van der Waals surface area contributed by atoms with Crippen molar-refractivity contribution in [2.24, 2.45) is 11.5 Å². The number of imidazole rings is 2. The van der Waals surface area contributed by atoms with Crippen LogP contribution >= 0.6 is 0 Å². The van der Waals surface area contributed by atoms with E-state index in [2.05, 4.69) is 31.5 Å². The number of hydrogen-bond donors (Lipinski definition) is 6. The van der Waals surface area contributed by atoms with Gasteiger partial charge < -0.3 is 45.4 Å². The lowest BCUT2D eigenvalue weighted by Gasteiger charge is -2.27. The number of ether oxygens (including phenoxy) is 3. The first kappa shape index (κ1) is 45.2. The molecule has 2 aliphatic heterocycles. The standard InChI is InChI=1S/C44H54N14O8/c1-5-56-32(15-24(3)53-56)41(62)51-43-49-30-17-26(39(45)60)19-34(65-13-8-10-48-36(59)21-28-22-64-14-11-47-28)37(30)55(43)12-7-9-29-23-66-35-20-27(40(46)61)18-31-38(35)58(29)44(50-31)52-42(63)33-16-25(4)54-57(33)6-2/h15-20,28-29,47H,5-14,21-23H2,1-4H3,(H2,45,60)(H2,46,61)(H,48,59)(H,49,51,62)(H,50,52,63)/t28-,29+/m1/s1. The number of amides is 5. The number of morpholine rings is 1. The van der Waals surface area contributed by atoms with Crippen LogP contribution in [0.1, 0.15) is 98.7 Å². The lowest BCUT2D eigenvalue weighted by atomic mass is 10.1. The summed E-state index contributed by atoms with van der Waals surface area (Å²) in [4.78, 5) is 74.8. The normalized spacial score (nSPS) is 15.7. The molecule has 2 aliphatic rings. The molecule has 0 aliphatic carbocycles. The van der Waals surface area contributed by atoms with Gasteiger partial charge in [0.25, 0.3) is 11.8 Å². The molecular formula is C44H54N14O8. The molecule has 8 rings (SSSR count). The molecule has 0 unspecified atom stereocenters. The smallest absolute Gasteiger partial charge is 0.276 e. The van der Waals surface area contributed by atoms with Gasteiger partial charge in [0.15, 0.2) is 0 Å².